The number of benzene rings is 2. The molecule has 0 heterocycles. The maximum absolute atomic E-state index is 12.8. The molecule has 9 heteroatoms. The van der Waals surface area contributed by atoms with E-state index in [1.165, 1.54) is 26.2 Å². The summed E-state index contributed by atoms with van der Waals surface area (Å²) in [7, 11) is 1.18. The summed E-state index contributed by atoms with van der Waals surface area (Å²) < 4.78 is 5.14. The third kappa shape index (κ3) is 3.42. The minimum Gasteiger partial charge on any atom is -0.508 e. The second-order valence-electron chi connectivity index (χ2n) is 7.24. The molecule has 0 fully saturated rings. The number of methoxy groups -OCH3 is 1. The number of ether oxygens (including phenoxy) is 1. The van der Waals surface area contributed by atoms with Crippen LogP contribution in [0.2, 0.25) is 0 Å². The number of phenols is 3. The van der Waals surface area contributed by atoms with E-state index in [2.05, 4.69) is 0 Å². The SMILES string of the molecule is COC(C(=O)[C@@H](O)[C@@H](C)O)C1Cc2cc3cc(O)cc(O)c3c(O)c2C(=O)C1O. The molecule has 1 aliphatic carbocycles. The van der Waals surface area contributed by atoms with Crippen LogP contribution in [0.1, 0.15) is 22.8 Å². The number of ketones is 2. The average molecular weight is 406 g/mol. The molecule has 0 aliphatic heterocycles. The average Bonchev–Trinajstić information content (AvgIpc) is 2.64. The highest BCUT2D eigenvalue weighted by Crippen LogP contribution is 2.43. The zero-order valence-corrected chi connectivity index (χ0v) is 15.7. The summed E-state index contributed by atoms with van der Waals surface area (Å²) in [6.45, 7) is 1.22. The summed E-state index contributed by atoms with van der Waals surface area (Å²) in [5, 5.41) is 60.4. The summed E-state index contributed by atoms with van der Waals surface area (Å²) in [6, 6.07) is 3.76. The normalized spacial score (nSPS) is 22.2. The van der Waals surface area contributed by atoms with Crippen LogP contribution in [0.5, 0.6) is 17.2 Å². The highest BCUT2D eigenvalue weighted by Gasteiger charge is 2.45. The number of aliphatic hydroxyl groups excluding tert-OH is 3. The molecule has 1 aliphatic rings. The number of hydrogen-bond donors (Lipinski definition) is 6. The van der Waals surface area contributed by atoms with Crippen LogP contribution in [0.3, 0.4) is 0 Å². The molecule has 6 N–H and O–H groups in total. The Morgan fingerprint density at radius 1 is 1.17 bits per heavy atom. The summed E-state index contributed by atoms with van der Waals surface area (Å²) in [5.74, 6) is -4.06. The van der Waals surface area contributed by atoms with E-state index in [0.29, 0.717) is 0 Å². The number of aliphatic hydroxyl groups is 3. The van der Waals surface area contributed by atoms with Crippen LogP contribution in [0, 0.1) is 5.92 Å². The van der Waals surface area contributed by atoms with E-state index >= 15 is 0 Å². The van der Waals surface area contributed by atoms with E-state index in [1.807, 2.05) is 0 Å². The highest BCUT2D eigenvalue weighted by molar-refractivity contribution is 6.11. The molecule has 0 saturated carbocycles. The number of Topliss-reactive ketones (excluding diaryl/α,β-unsaturated/α-hetero) is 2. The van der Waals surface area contributed by atoms with E-state index in [9.17, 15) is 40.2 Å². The Kier molecular flexibility index (Phi) is 5.50. The number of hydrogen-bond acceptors (Lipinski definition) is 9. The fourth-order valence-electron chi connectivity index (χ4n) is 3.87. The van der Waals surface area contributed by atoms with Crippen molar-refractivity contribution in [3.8, 4) is 17.2 Å². The predicted molar refractivity (Wildman–Crippen MR) is 100.0 cm³/mol. The Bertz CT molecular complexity index is 982. The first kappa shape index (κ1) is 21.0. The van der Waals surface area contributed by atoms with Crippen molar-refractivity contribution in [3.05, 3.63) is 29.3 Å². The third-order valence-corrected chi connectivity index (χ3v) is 5.31. The van der Waals surface area contributed by atoms with Crippen molar-refractivity contribution < 1.29 is 45.0 Å². The summed E-state index contributed by atoms with van der Waals surface area (Å²) in [4.78, 5) is 25.3. The van der Waals surface area contributed by atoms with Gasteiger partial charge in [-0.15, -0.1) is 0 Å². The van der Waals surface area contributed by atoms with Gasteiger partial charge in [-0.3, -0.25) is 9.59 Å². The molecular weight excluding hydrogens is 384 g/mol. The van der Waals surface area contributed by atoms with Crippen LogP contribution in [0.15, 0.2) is 18.2 Å². The van der Waals surface area contributed by atoms with Crippen LogP contribution in [0.25, 0.3) is 10.8 Å². The molecule has 0 bridgehead atoms. The molecule has 0 amide bonds. The van der Waals surface area contributed by atoms with Gasteiger partial charge in [0, 0.05) is 19.1 Å². The number of carbonyl (C=O) groups is 2. The lowest BCUT2D eigenvalue weighted by Gasteiger charge is -2.34. The van der Waals surface area contributed by atoms with Crippen molar-refractivity contribution in [3.63, 3.8) is 0 Å². The fourth-order valence-corrected chi connectivity index (χ4v) is 3.87. The zero-order valence-electron chi connectivity index (χ0n) is 15.7. The van der Waals surface area contributed by atoms with Crippen LogP contribution < -0.4 is 0 Å². The maximum atomic E-state index is 12.8. The van der Waals surface area contributed by atoms with Gasteiger partial charge in [-0.2, -0.15) is 0 Å². The molecule has 29 heavy (non-hydrogen) atoms. The monoisotopic (exact) mass is 406 g/mol. The van der Waals surface area contributed by atoms with Gasteiger partial charge in [0.2, 0.25) is 0 Å². The molecule has 2 aromatic rings. The largest absolute Gasteiger partial charge is 0.508 e. The Labute approximate surface area is 165 Å². The van der Waals surface area contributed by atoms with Crippen LogP contribution in [-0.4, -0.2) is 73.7 Å². The Morgan fingerprint density at radius 3 is 2.41 bits per heavy atom. The van der Waals surface area contributed by atoms with Gasteiger partial charge in [-0.1, -0.05) is 0 Å². The third-order valence-electron chi connectivity index (χ3n) is 5.31. The van der Waals surface area contributed by atoms with Gasteiger partial charge in [0.05, 0.1) is 17.1 Å². The smallest absolute Gasteiger partial charge is 0.195 e. The first-order valence-corrected chi connectivity index (χ1v) is 8.93. The minimum atomic E-state index is -1.76. The second-order valence-corrected chi connectivity index (χ2v) is 7.24. The van der Waals surface area contributed by atoms with Gasteiger partial charge in [-0.05, 0) is 36.4 Å². The summed E-state index contributed by atoms with van der Waals surface area (Å²) >= 11 is 0. The number of carbonyl (C=O) groups excluding carboxylic acids is 2. The molecule has 3 rings (SSSR count). The first-order chi connectivity index (χ1) is 13.6. The molecular formula is C20H22O9. The van der Waals surface area contributed by atoms with Crippen LogP contribution in [-0.2, 0) is 16.0 Å². The Balaban J connectivity index is 2.11. The number of fused-ring (bicyclic) bond motifs is 2. The van der Waals surface area contributed by atoms with Gasteiger partial charge in [-0.25, -0.2) is 0 Å². The van der Waals surface area contributed by atoms with E-state index in [-0.39, 0.29) is 34.1 Å². The molecule has 3 unspecified atom stereocenters. The molecule has 2 aromatic carbocycles. The first-order valence-electron chi connectivity index (χ1n) is 8.93. The molecule has 0 aromatic heterocycles. The van der Waals surface area contributed by atoms with E-state index in [4.69, 9.17) is 4.74 Å². The van der Waals surface area contributed by atoms with Gasteiger partial charge in [0.25, 0.3) is 0 Å². The number of phenolic OH excluding ortho intramolecular Hbond substituents is 3. The fraction of sp³-hybridized carbons (Fsp3) is 0.400. The Morgan fingerprint density at radius 2 is 1.83 bits per heavy atom. The molecule has 156 valence electrons. The molecule has 9 nitrogen and oxygen atoms in total. The zero-order chi connectivity index (χ0) is 21.6. The maximum Gasteiger partial charge on any atom is 0.195 e. The van der Waals surface area contributed by atoms with Crippen molar-refractivity contribution in [2.24, 2.45) is 5.92 Å². The molecule has 5 atom stereocenters. The van der Waals surface area contributed by atoms with Crippen LogP contribution in [0.4, 0.5) is 0 Å². The van der Waals surface area contributed by atoms with Crippen molar-refractivity contribution in [2.45, 2.75) is 37.8 Å². The van der Waals surface area contributed by atoms with Gasteiger partial charge >= 0.3 is 0 Å². The van der Waals surface area contributed by atoms with Gasteiger partial charge in [0.15, 0.2) is 11.6 Å². The van der Waals surface area contributed by atoms with Gasteiger partial charge in [0.1, 0.15) is 35.6 Å². The number of rotatable bonds is 5. The standard InChI is InChI=1S/C20H22O9/c1-7(21)15(24)19(28)20(29-2)11-5-9-3-8-4-10(22)6-12(23)13(8)17(26)14(9)18(27)16(11)25/h3-4,6-7,11,15-16,20-26H,5H2,1-2H3/t7-,11?,15+,16?,20?/m1/s1. The lowest BCUT2D eigenvalue weighted by Crippen LogP contribution is -2.50. The second kappa shape index (κ2) is 7.60. The van der Waals surface area contributed by atoms with Crippen molar-refractivity contribution in [1.29, 1.82) is 0 Å². The van der Waals surface area contributed by atoms with Gasteiger partial charge < -0.3 is 35.4 Å². The van der Waals surface area contributed by atoms with Crippen molar-refractivity contribution in [2.75, 3.05) is 7.11 Å². The molecule has 0 saturated heterocycles. The minimum absolute atomic E-state index is 0.0514. The molecule has 0 spiro atoms. The Hall–Kier alpha value is -2.72. The van der Waals surface area contributed by atoms with Crippen LogP contribution >= 0.6 is 0 Å². The van der Waals surface area contributed by atoms with E-state index in [1.54, 1.807) is 0 Å². The summed E-state index contributed by atoms with van der Waals surface area (Å²) in [5.41, 5.74) is 0.0855. The van der Waals surface area contributed by atoms with E-state index < -0.39 is 53.4 Å². The quantitative estimate of drug-likeness (QED) is 0.401. The van der Waals surface area contributed by atoms with Crippen molar-refractivity contribution >= 4 is 22.3 Å². The van der Waals surface area contributed by atoms with Crippen molar-refractivity contribution in [1.82, 2.24) is 0 Å². The number of aromatic hydroxyl groups is 3. The lowest BCUT2D eigenvalue weighted by atomic mass is 9.75. The topological polar surface area (TPSA) is 165 Å². The highest BCUT2D eigenvalue weighted by atomic mass is 16.5. The molecule has 0 radical (unpaired) electrons. The van der Waals surface area contributed by atoms with E-state index in [0.717, 1.165) is 6.07 Å². The lowest BCUT2D eigenvalue weighted by molar-refractivity contribution is -0.148. The predicted octanol–water partition coefficient (Wildman–Crippen LogP) is -0.00170. The summed E-state index contributed by atoms with van der Waals surface area (Å²) in [6.07, 6.45) is -6.31.